The highest BCUT2D eigenvalue weighted by Gasteiger charge is 2.20. The summed E-state index contributed by atoms with van der Waals surface area (Å²) in [6.45, 7) is 5.93. The van der Waals surface area contributed by atoms with Crippen molar-refractivity contribution in [3.05, 3.63) is 29.3 Å². The lowest BCUT2D eigenvalue weighted by molar-refractivity contribution is -0.141. The lowest BCUT2D eigenvalue weighted by Gasteiger charge is -2.23. The average Bonchev–Trinajstić information content (AvgIpc) is 2.37. The number of aliphatic carboxylic acids is 1. The molecule has 5 heteroatoms. The van der Waals surface area contributed by atoms with Crippen LogP contribution in [-0.4, -0.2) is 35.0 Å². The summed E-state index contributed by atoms with van der Waals surface area (Å²) in [4.78, 5) is 24.7. The molecule has 0 fully saturated rings. The number of aryl methyl sites for hydroxylation is 1. The molecule has 1 amide bonds. The average molecular weight is 264 g/mol. The van der Waals surface area contributed by atoms with Gasteiger partial charge in [-0.05, 0) is 37.6 Å². The molecule has 0 saturated heterocycles. The largest absolute Gasteiger partial charge is 0.481 e. The molecule has 0 saturated carbocycles. The maximum absolute atomic E-state index is 12.3. The number of carbonyl (C=O) groups excluding carboxylic acids is 1. The van der Waals surface area contributed by atoms with Gasteiger partial charge in [0.1, 0.15) is 0 Å². The number of rotatable bonds is 5. The Morgan fingerprint density at radius 1 is 1.42 bits per heavy atom. The molecule has 1 rings (SSSR count). The Bertz CT molecular complexity index is 486. The third-order valence-corrected chi connectivity index (χ3v) is 3.10. The van der Waals surface area contributed by atoms with Gasteiger partial charge in [0.25, 0.3) is 5.91 Å². The van der Waals surface area contributed by atoms with E-state index in [1.807, 2.05) is 13.8 Å². The zero-order chi connectivity index (χ0) is 14.6. The van der Waals surface area contributed by atoms with Crippen molar-refractivity contribution in [3.8, 4) is 0 Å². The van der Waals surface area contributed by atoms with Crippen LogP contribution in [0.5, 0.6) is 0 Å². The van der Waals surface area contributed by atoms with Gasteiger partial charge < -0.3 is 15.7 Å². The number of nitrogens with zero attached hydrogens (tertiary/aromatic N) is 1. The van der Waals surface area contributed by atoms with Crippen molar-refractivity contribution in [2.45, 2.75) is 20.8 Å². The first-order valence-electron chi connectivity index (χ1n) is 6.25. The Labute approximate surface area is 113 Å². The summed E-state index contributed by atoms with van der Waals surface area (Å²) in [5.41, 5.74) is 7.73. The molecule has 0 aliphatic rings. The molecule has 0 radical (unpaired) electrons. The SMILES string of the molecule is CCN(CC(C)C(=O)O)C(=O)c1ccc(N)c(C)c1. The van der Waals surface area contributed by atoms with Crippen molar-refractivity contribution >= 4 is 17.6 Å². The molecule has 0 spiro atoms. The second-order valence-electron chi connectivity index (χ2n) is 4.65. The highest BCUT2D eigenvalue weighted by atomic mass is 16.4. The van der Waals surface area contributed by atoms with Crippen LogP contribution in [0.4, 0.5) is 5.69 Å². The van der Waals surface area contributed by atoms with E-state index in [1.165, 1.54) is 4.90 Å². The fourth-order valence-electron chi connectivity index (χ4n) is 1.76. The van der Waals surface area contributed by atoms with Crippen molar-refractivity contribution in [2.24, 2.45) is 5.92 Å². The van der Waals surface area contributed by atoms with Gasteiger partial charge in [0.15, 0.2) is 0 Å². The summed E-state index contributed by atoms with van der Waals surface area (Å²) in [6, 6.07) is 5.08. The van der Waals surface area contributed by atoms with Crippen LogP contribution in [0.1, 0.15) is 29.8 Å². The molecular weight excluding hydrogens is 244 g/mol. The van der Waals surface area contributed by atoms with Crippen molar-refractivity contribution in [2.75, 3.05) is 18.8 Å². The molecule has 1 aromatic rings. The summed E-state index contributed by atoms with van der Waals surface area (Å²) in [7, 11) is 0. The third-order valence-electron chi connectivity index (χ3n) is 3.10. The monoisotopic (exact) mass is 264 g/mol. The maximum atomic E-state index is 12.3. The van der Waals surface area contributed by atoms with Gasteiger partial charge in [-0.25, -0.2) is 0 Å². The van der Waals surface area contributed by atoms with E-state index in [1.54, 1.807) is 25.1 Å². The lowest BCUT2D eigenvalue weighted by Crippen LogP contribution is -2.36. The van der Waals surface area contributed by atoms with Gasteiger partial charge >= 0.3 is 5.97 Å². The van der Waals surface area contributed by atoms with Gasteiger partial charge in [0.2, 0.25) is 0 Å². The predicted molar refractivity (Wildman–Crippen MR) is 74.0 cm³/mol. The molecule has 0 aromatic heterocycles. The van der Waals surface area contributed by atoms with Crippen LogP contribution in [-0.2, 0) is 4.79 Å². The van der Waals surface area contributed by atoms with Gasteiger partial charge in [0, 0.05) is 24.3 Å². The number of anilines is 1. The van der Waals surface area contributed by atoms with Gasteiger partial charge in [-0.3, -0.25) is 9.59 Å². The number of hydrogen-bond acceptors (Lipinski definition) is 3. The first-order chi connectivity index (χ1) is 8.86. The number of nitrogens with two attached hydrogens (primary N) is 1. The van der Waals surface area contributed by atoms with E-state index in [4.69, 9.17) is 10.8 Å². The summed E-state index contributed by atoms with van der Waals surface area (Å²) in [6.07, 6.45) is 0. The van der Waals surface area contributed by atoms with Crippen LogP contribution < -0.4 is 5.73 Å². The Hall–Kier alpha value is -2.04. The summed E-state index contributed by atoms with van der Waals surface area (Å²) in [5, 5.41) is 8.90. The molecule has 3 N–H and O–H groups in total. The van der Waals surface area contributed by atoms with Crippen LogP contribution in [0.25, 0.3) is 0 Å². The van der Waals surface area contributed by atoms with E-state index >= 15 is 0 Å². The summed E-state index contributed by atoms with van der Waals surface area (Å²) in [5.74, 6) is -1.66. The number of benzene rings is 1. The normalized spacial score (nSPS) is 11.9. The Balaban J connectivity index is 2.89. The van der Waals surface area contributed by atoms with E-state index in [-0.39, 0.29) is 12.5 Å². The topological polar surface area (TPSA) is 83.6 Å². The highest BCUT2D eigenvalue weighted by molar-refractivity contribution is 5.95. The lowest BCUT2D eigenvalue weighted by atomic mass is 10.1. The van der Waals surface area contributed by atoms with Crippen molar-refractivity contribution in [1.82, 2.24) is 4.90 Å². The molecule has 0 bridgehead atoms. The van der Waals surface area contributed by atoms with Crippen LogP contribution in [0, 0.1) is 12.8 Å². The second-order valence-corrected chi connectivity index (χ2v) is 4.65. The highest BCUT2D eigenvalue weighted by Crippen LogP contribution is 2.15. The first-order valence-corrected chi connectivity index (χ1v) is 6.25. The van der Waals surface area contributed by atoms with Crippen LogP contribution in [0.2, 0.25) is 0 Å². The summed E-state index contributed by atoms with van der Waals surface area (Å²) >= 11 is 0. The number of carbonyl (C=O) groups is 2. The Kier molecular flexibility index (Phi) is 4.92. The van der Waals surface area contributed by atoms with Crippen LogP contribution in [0.3, 0.4) is 0 Å². The fourth-order valence-corrected chi connectivity index (χ4v) is 1.76. The van der Waals surface area contributed by atoms with Gasteiger partial charge in [-0.2, -0.15) is 0 Å². The zero-order valence-electron chi connectivity index (χ0n) is 11.5. The molecule has 1 unspecified atom stereocenters. The number of carboxylic acids is 1. The van der Waals surface area contributed by atoms with E-state index < -0.39 is 11.9 Å². The van der Waals surface area contributed by atoms with Crippen molar-refractivity contribution in [3.63, 3.8) is 0 Å². The number of hydrogen-bond donors (Lipinski definition) is 2. The Morgan fingerprint density at radius 3 is 2.53 bits per heavy atom. The molecule has 1 aromatic carbocycles. The molecule has 19 heavy (non-hydrogen) atoms. The molecule has 0 aliphatic heterocycles. The minimum absolute atomic E-state index is 0.168. The van der Waals surface area contributed by atoms with E-state index in [2.05, 4.69) is 0 Å². The molecule has 0 aliphatic carbocycles. The van der Waals surface area contributed by atoms with E-state index in [9.17, 15) is 9.59 Å². The Morgan fingerprint density at radius 2 is 2.05 bits per heavy atom. The van der Waals surface area contributed by atoms with Crippen molar-refractivity contribution in [1.29, 1.82) is 0 Å². The van der Waals surface area contributed by atoms with Crippen LogP contribution in [0.15, 0.2) is 18.2 Å². The smallest absolute Gasteiger partial charge is 0.308 e. The maximum Gasteiger partial charge on any atom is 0.308 e. The van der Waals surface area contributed by atoms with Crippen LogP contribution >= 0.6 is 0 Å². The second kappa shape index (κ2) is 6.22. The minimum Gasteiger partial charge on any atom is -0.481 e. The third kappa shape index (κ3) is 3.71. The van der Waals surface area contributed by atoms with Crippen molar-refractivity contribution < 1.29 is 14.7 Å². The molecule has 104 valence electrons. The summed E-state index contributed by atoms with van der Waals surface area (Å²) < 4.78 is 0. The zero-order valence-corrected chi connectivity index (χ0v) is 11.5. The number of carboxylic acid groups (broad SMARTS) is 1. The van der Waals surface area contributed by atoms with Gasteiger partial charge in [-0.15, -0.1) is 0 Å². The number of nitrogen functional groups attached to an aromatic ring is 1. The molecule has 0 heterocycles. The predicted octanol–water partition coefficient (Wildman–Crippen LogP) is 1.76. The molecule has 1 atom stereocenters. The van der Waals surface area contributed by atoms with E-state index in [0.717, 1.165) is 5.56 Å². The standard InChI is InChI=1S/C14H20N2O3/c1-4-16(8-10(3)14(18)19)13(17)11-5-6-12(15)9(2)7-11/h5-7,10H,4,8,15H2,1-3H3,(H,18,19). The quantitative estimate of drug-likeness (QED) is 0.794. The molecular formula is C14H20N2O3. The first kappa shape index (κ1) is 15.0. The molecule has 5 nitrogen and oxygen atoms in total. The fraction of sp³-hybridized carbons (Fsp3) is 0.429. The van der Waals surface area contributed by atoms with E-state index in [0.29, 0.717) is 17.8 Å². The van der Waals surface area contributed by atoms with Gasteiger partial charge in [-0.1, -0.05) is 6.92 Å². The van der Waals surface area contributed by atoms with Gasteiger partial charge in [0.05, 0.1) is 5.92 Å². The minimum atomic E-state index is -0.903. The number of amides is 1.